The highest BCUT2D eigenvalue weighted by Gasteiger charge is 2.06. The molecule has 0 amide bonds. The van der Waals surface area contributed by atoms with Crippen molar-refractivity contribution in [3.8, 4) is 0 Å². The third kappa shape index (κ3) is 34.0. The molecule has 0 heterocycles. The van der Waals surface area contributed by atoms with Crippen LogP contribution in [0, 0.1) is 31.6 Å². The molecule has 0 fully saturated rings. The molecule has 0 aromatic heterocycles. The van der Waals surface area contributed by atoms with E-state index in [0.29, 0.717) is 0 Å². The van der Waals surface area contributed by atoms with Crippen molar-refractivity contribution >= 4 is 0 Å². The van der Waals surface area contributed by atoms with Crippen LogP contribution in [0.2, 0.25) is 0 Å². The van der Waals surface area contributed by atoms with Gasteiger partial charge in [-0.2, -0.15) is 0 Å². The molecule has 43 heavy (non-hydrogen) atoms. The Morgan fingerprint density at radius 3 is 1.67 bits per heavy atom. The highest BCUT2D eigenvalue weighted by molar-refractivity contribution is 5.39. The zero-order valence-electron chi connectivity index (χ0n) is 31.0. The van der Waals surface area contributed by atoms with Crippen molar-refractivity contribution in [1.29, 1.82) is 0 Å². The van der Waals surface area contributed by atoms with Gasteiger partial charge in [0.15, 0.2) is 0 Å². The minimum Gasteiger partial charge on any atom is -0.106 e. The number of allylic oxidation sites excluding steroid dienone is 7. The topological polar surface area (TPSA) is 0 Å². The van der Waals surface area contributed by atoms with Crippen LogP contribution in [0.5, 0.6) is 0 Å². The van der Waals surface area contributed by atoms with Crippen molar-refractivity contribution in [2.45, 2.75) is 149 Å². The Balaban J connectivity index is -0.000000107. The van der Waals surface area contributed by atoms with Crippen LogP contribution in [0.4, 0.5) is 0 Å². The quantitative estimate of drug-likeness (QED) is 0.157. The molecule has 0 radical (unpaired) electrons. The van der Waals surface area contributed by atoms with Crippen molar-refractivity contribution in [2.75, 3.05) is 0 Å². The molecule has 0 aliphatic rings. The van der Waals surface area contributed by atoms with Gasteiger partial charge in [0.2, 0.25) is 0 Å². The Hall–Kier alpha value is -2.34. The van der Waals surface area contributed by atoms with Gasteiger partial charge in [-0.3, -0.25) is 0 Å². The second kappa shape index (κ2) is 41.8. The Morgan fingerprint density at radius 1 is 0.837 bits per heavy atom. The first-order chi connectivity index (χ1) is 20.0. The van der Waals surface area contributed by atoms with Crippen molar-refractivity contribution in [3.05, 3.63) is 109 Å². The van der Waals surface area contributed by atoms with Crippen LogP contribution in [0.25, 0.3) is 0 Å². The fraction of sp³-hybridized carbons (Fsp3) is 0.581. The Morgan fingerprint density at radius 2 is 1.33 bits per heavy atom. The third-order valence-corrected chi connectivity index (χ3v) is 6.95. The normalized spacial score (nSPS) is 10.2. The molecule has 0 heteroatoms. The van der Waals surface area contributed by atoms with E-state index >= 15 is 0 Å². The maximum atomic E-state index is 3.99. The van der Waals surface area contributed by atoms with Gasteiger partial charge < -0.3 is 0 Å². The zero-order chi connectivity index (χ0) is 33.9. The molecule has 0 spiro atoms. The predicted molar refractivity (Wildman–Crippen MR) is 210 cm³/mol. The van der Waals surface area contributed by atoms with Gasteiger partial charge in [-0.1, -0.05) is 156 Å². The van der Waals surface area contributed by atoms with Gasteiger partial charge in [0.05, 0.1) is 0 Å². The van der Waals surface area contributed by atoms with E-state index < -0.39 is 0 Å². The zero-order valence-corrected chi connectivity index (χ0v) is 31.0. The third-order valence-electron chi connectivity index (χ3n) is 6.95. The maximum Gasteiger partial charge on any atom is -0.0209 e. The second-order valence-electron chi connectivity index (χ2n) is 10.8. The molecule has 0 N–H and O–H groups in total. The van der Waals surface area contributed by atoms with E-state index in [0.717, 1.165) is 17.8 Å². The maximum absolute atomic E-state index is 3.99. The van der Waals surface area contributed by atoms with Crippen molar-refractivity contribution in [2.24, 2.45) is 17.8 Å². The van der Waals surface area contributed by atoms with Crippen molar-refractivity contribution < 1.29 is 0 Å². The van der Waals surface area contributed by atoms with E-state index in [1.807, 2.05) is 32.9 Å². The van der Waals surface area contributed by atoms with Crippen LogP contribution in [-0.2, 0) is 12.8 Å². The van der Waals surface area contributed by atoms with E-state index in [-0.39, 0.29) is 7.43 Å². The van der Waals surface area contributed by atoms with Crippen molar-refractivity contribution in [1.82, 2.24) is 0 Å². The van der Waals surface area contributed by atoms with Crippen LogP contribution < -0.4 is 0 Å². The molecule has 0 nitrogen and oxygen atoms in total. The molecule has 1 atom stereocenters. The fourth-order valence-corrected chi connectivity index (χ4v) is 4.05. The number of benzene rings is 1. The van der Waals surface area contributed by atoms with Gasteiger partial charge in [-0.05, 0) is 99.8 Å². The van der Waals surface area contributed by atoms with E-state index in [2.05, 4.69) is 126 Å². The Kier molecular flexibility index (Phi) is 51.7. The van der Waals surface area contributed by atoms with Gasteiger partial charge in [-0.15, -0.1) is 19.7 Å². The minimum absolute atomic E-state index is 0. The summed E-state index contributed by atoms with van der Waals surface area (Å²) in [6.07, 6.45) is 21.8. The molecular formula is C43H80. The summed E-state index contributed by atoms with van der Waals surface area (Å²) in [4.78, 5) is 0. The van der Waals surface area contributed by atoms with Crippen LogP contribution in [0.3, 0.4) is 0 Å². The van der Waals surface area contributed by atoms with Gasteiger partial charge in [0, 0.05) is 0 Å². The van der Waals surface area contributed by atoms with Gasteiger partial charge in [-0.25, -0.2) is 0 Å². The summed E-state index contributed by atoms with van der Waals surface area (Å²) < 4.78 is 0. The monoisotopic (exact) mass is 597 g/mol. The van der Waals surface area contributed by atoms with Gasteiger partial charge in [0.1, 0.15) is 0 Å². The first-order valence-electron chi connectivity index (χ1n) is 16.8. The summed E-state index contributed by atoms with van der Waals surface area (Å²) in [5, 5.41) is 0. The van der Waals surface area contributed by atoms with Crippen LogP contribution in [-0.4, -0.2) is 0 Å². The molecule has 1 rings (SSSR count). The number of hydrogen-bond donors (Lipinski definition) is 0. The van der Waals surface area contributed by atoms with E-state index in [1.54, 1.807) is 23.3 Å². The first-order valence-corrected chi connectivity index (χ1v) is 16.8. The average molecular weight is 597 g/mol. The largest absolute Gasteiger partial charge is 0.106 e. The number of hydrogen-bond acceptors (Lipinski definition) is 0. The molecule has 0 saturated heterocycles. The lowest BCUT2D eigenvalue weighted by Gasteiger charge is -2.14. The molecule has 0 aliphatic carbocycles. The Labute approximate surface area is 275 Å². The van der Waals surface area contributed by atoms with Gasteiger partial charge in [0.25, 0.3) is 0 Å². The second-order valence-corrected chi connectivity index (χ2v) is 10.8. The summed E-state index contributed by atoms with van der Waals surface area (Å²) in [6, 6.07) is 4.55. The molecule has 1 aromatic carbocycles. The lowest BCUT2D eigenvalue weighted by Crippen LogP contribution is -2.01. The SMILES string of the molecule is C.C=C.C=C(C)C(CCC)CCC.C=C/C=C\C=C/CC(C)C(C)C.C=CC.CC.CCCc1ccc(C)c(C)c1CC. The fourth-order valence-electron chi connectivity index (χ4n) is 4.05. The lowest BCUT2D eigenvalue weighted by atomic mass is 9.92. The molecular weight excluding hydrogens is 516 g/mol. The summed E-state index contributed by atoms with van der Waals surface area (Å²) in [7, 11) is 0. The molecule has 1 unspecified atom stereocenters. The van der Waals surface area contributed by atoms with Crippen LogP contribution >= 0.6 is 0 Å². The molecule has 1 aromatic rings. The summed E-state index contributed by atoms with van der Waals surface area (Å²) in [5.41, 5.74) is 7.41. The Bertz CT molecular complexity index is 781. The van der Waals surface area contributed by atoms with Crippen molar-refractivity contribution in [3.63, 3.8) is 0 Å². The van der Waals surface area contributed by atoms with Crippen LogP contribution in [0.15, 0.2) is 87.1 Å². The molecule has 0 aliphatic heterocycles. The average Bonchev–Trinajstić information content (AvgIpc) is 2.98. The van der Waals surface area contributed by atoms with E-state index in [4.69, 9.17) is 0 Å². The summed E-state index contributed by atoms with van der Waals surface area (Å²) >= 11 is 0. The van der Waals surface area contributed by atoms with Crippen LogP contribution in [0.1, 0.15) is 144 Å². The number of rotatable bonds is 13. The van der Waals surface area contributed by atoms with Gasteiger partial charge >= 0.3 is 0 Å². The van der Waals surface area contributed by atoms with E-state index in [9.17, 15) is 0 Å². The molecule has 252 valence electrons. The molecule has 0 bridgehead atoms. The first kappa shape index (κ1) is 53.2. The standard InChI is InChI=1S/C13H20.C12H20.C10H20.C3H6.C2H6.C2H4.CH4/c1-5-7-12-9-8-10(3)11(4)13(12)6-2;1-5-6-7-8-9-10-12(4)11(2)3;1-5-7-10(8-6-2)9(3)4;1-3-2;2*1-2;/h8-9H,5-7H2,1-4H3;5-9,11-12H,1,10H2,2-4H3;10H,3,5-8H2,1-2,4H3;3H,1H2,2H3;1-2H3;1-2H2;1H4/b;7-6-,9-8-;;;;;. The summed E-state index contributed by atoms with van der Waals surface area (Å²) in [5.74, 6) is 2.34. The molecule has 0 saturated carbocycles. The number of aryl methyl sites for hydroxylation is 2. The smallest absolute Gasteiger partial charge is 0.0209 e. The highest BCUT2D eigenvalue weighted by atomic mass is 14.1. The lowest BCUT2D eigenvalue weighted by molar-refractivity contribution is 0.424. The summed E-state index contributed by atoms with van der Waals surface area (Å²) in [6.45, 7) is 45.2. The predicted octanol–water partition coefficient (Wildman–Crippen LogP) is 15.2. The van der Waals surface area contributed by atoms with E-state index in [1.165, 1.54) is 68.1 Å². The highest BCUT2D eigenvalue weighted by Crippen LogP contribution is 2.21. The minimum atomic E-state index is 0.